The van der Waals surface area contributed by atoms with Crippen LogP contribution in [0.4, 0.5) is 8.78 Å². The zero-order chi connectivity index (χ0) is 21.4. The number of amides is 1. The normalized spacial score (nSPS) is 24.9. The predicted molar refractivity (Wildman–Crippen MR) is 111 cm³/mol. The molecule has 7 heteroatoms. The molecular formula is C23H31F2N3O2. The van der Waals surface area contributed by atoms with Gasteiger partial charge in [-0.15, -0.1) is 0 Å². The number of alkyl halides is 2. The summed E-state index contributed by atoms with van der Waals surface area (Å²) in [6.07, 6.45) is 4.75. The van der Waals surface area contributed by atoms with Gasteiger partial charge in [0.1, 0.15) is 0 Å². The van der Waals surface area contributed by atoms with E-state index in [4.69, 9.17) is 15.5 Å². The molecule has 3 aliphatic rings. The van der Waals surface area contributed by atoms with Gasteiger partial charge in [-0.05, 0) is 55.7 Å². The smallest absolute Gasteiger partial charge is 0.262 e. The highest BCUT2D eigenvalue weighted by Gasteiger charge is 2.66. The number of carbonyl (C=O) groups is 1. The molecule has 1 atom stereocenters. The van der Waals surface area contributed by atoms with Crippen molar-refractivity contribution >= 4 is 11.9 Å². The van der Waals surface area contributed by atoms with Crippen molar-refractivity contribution in [2.75, 3.05) is 19.8 Å². The lowest BCUT2D eigenvalue weighted by Gasteiger charge is -2.43. The first kappa shape index (κ1) is 21.2. The summed E-state index contributed by atoms with van der Waals surface area (Å²) in [6, 6.07) is 6.29. The van der Waals surface area contributed by atoms with Crippen LogP contribution in [-0.4, -0.2) is 43.0 Å². The van der Waals surface area contributed by atoms with E-state index in [0.717, 1.165) is 73.0 Å². The van der Waals surface area contributed by atoms with Gasteiger partial charge in [-0.3, -0.25) is 9.69 Å². The van der Waals surface area contributed by atoms with Crippen LogP contribution in [0.15, 0.2) is 23.2 Å². The number of benzene rings is 1. The quantitative estimate of drug-likeness (QED) is 0.684. The van der Waals surface area contributed by atoms with Crippen LogP contribution in [0.25, 0.3) is 0 Å². The van der Waals surface area contributed by atoms with Crippen LogP contribution in [0.1, 0.15) is 62.1 Å². The number of rotatable bonds is 7. The van der Waals surface area contributed by atoms with Crippen LogP contribution in [0.5, 0.6) is 0 Å². The molecule has 2 N–H and O–H groups in total. The zero-order valence-corrected chi connectivity index (χ0v) is 17.6. The third-order valence-corrected chi connectivity index (χ3v) is 7.06. The molecule has 2 aliphatic carbocycles. The van der Waals surface area contributed by atoms with E-state index in [-0.39, 0.29) is 17.3 Å². The minimum absolute atomic E-state index is 0.0696. The molecule has 0 saturated heterocycles. The second-order valence-electron chi connectivity index (χ2n) is 8.80. The van der Waals surface area contributed by atoms with Crippen LogP contribution in [-0.2, 0) is 27.9 Å². The number of halogens is 2. The molecule has 1 heterocycles. The van der Waals surface area contributed by atoms with Gasteiger partial charge in [0, 0.05) is 18.6 Å². The molecule has 5 nitrogen and oxygen atoms in total. The maximum absolute atomic E-state index is 13.7. The van der Waals surface area contributed by atoms with Gasteiger partial charge in [0.25, 0.3) is 12.3 Å². The number of guanidine groups is 1. The van der Waals surface area contributed by atoms with Gasteiger partial charge < -0.3 is 10.5 Å². The van der Waals surface area contributed by atoms with Crippen LogP contribution >= 0.6 is 0 Å². The highest BCUT2D eigenvalue weighted by atomic mass is 19.3. The van der Waals surface area contributed by atoms with Crippen molar-refractivity contribution in [2.24, 2.45) is 16.1 Å². The van der Waals surface area contributed by atoms with E-state index >= 15 is 0 Å². The lowest BCUT2D eigenvalue weighted by molar-refractivity contribution is -0.138. The number of aliphatic imine (C=N–C) groups is 1. The van der Waals surface area contributed by atoms with Gasteiger partial charge in [0.15, 0.2) is 11.5 Å². The van der Waals surface area contributed by atoms with Crippen LogP contribution in [0.3, 0.4) is 0 Å². The molecule has 164 valence electrons. The van der Waals surface area contributed by atoms with Crippen LogP contribution < -0.4 is 5.73 Å². The van der Waals surface area contributed by atoms with Crippen LogP contribution in [0, 0.1) is 5.41 Å². The Balaban J connectivity index is 1.74. The van der Waals surface area contributed by atoms with Gasteiger partial charge >= 0.3 is 0 Å². The average molecular weight is 420 g/mol. The van der Waals surface area contributed by atoms with Gasteiger partial charge in [-0.1, -0.05) is 37.5 Å². The number of hydrogen-bond acceptors (Lipinski definition) is 4. The summed E-state index contributed by atoms with van der Waals surface area (Å²) in [5.41, 5.74) is 7.66. The molecule has 1 aromatic rings. The first-order valence-corrected chi connectivity index (χ1v) is 11.1. The number of hydrogen-bond donors (Lipinski definition) is 1. The fraction of sp³-hybridized carbons (Fsp3) is 0.652. The fourth-order valence-corrected chi connectivity index (χ4v) is 5.75. The van der Waals surface area contributed by atoms with E-state index in [0.29, 0.717) is 13.2 Å². The van der Waals surface area contributed by atoms with E-state index in [9.17, 15) is 13.6 Å². The highest BCUT2D eigenvalue weighted by molar-refractivity contribution is 6.08. The average Bonchev–Trinajstić information content (AvgIpc) is 3.12. The van der Waals surface area contributed by atoms with Crippen molar-refractivity contribution in [3.63, 3.8) is 0 Å². The van der Waals surface area contributed by atoms with Crippen molar-refractivity contribution in [3.8, 4) is 0 Å². The molecule has 0 aromatic heterocycles. The van der Waals surface area contributed by atoms with Gasteiger partial charge in [-0.25, -0.2) is 13.8 Å². The van der Waals surface area contributed by atoms with E-state index < -0.39 is 18.5 Å². The SMILES string of the molecule is CCOCCCc1ccc2c(c1)C1(N=C(N)N(CC(F)F)C1=O)C1(CCCCC1)C2. The monoisotopic (exact) mass is 419 g/mol. The van der Waals surface area contributed by atoms with Gasteiger partial charge in [0.2, 0.25) is 0 Å². The summed E-state index contributed by atoms with van der Waals surface area (Å²) < 4.78 is 31.8. The number of fused-ring (bicyclic) bond motifs is 3. The van der Waals surface area contributed by atoms with Crippen molar-refractivity contribution in [3.05, 3.63) is 34.9 Å². The number of nitrogens with zero attached hydrogens (tertiary/aromatic N) is 2. The summed E-state index contributed by atoms with van der Waals surface area (Å²) in [5, 5.41) is 0. The maximum Gasteiger partial charge on any atom is 0.262 e. The molecule has 0 radical (unpaired) electrons. The molecule has 1 aliphatic heterocycles. The molecule has 2 spiro atoms. The molecule has 4 rings (SSSR count). The molecule has 1 aromatic carbocycles. The van der Waals surface area contributed by atoms with E-state index in [2.05, 4.69) is 18.2 Å². The summed E-state index contributed by atoms with van der Waals surface area (Å²) in [5.74, 6) is -0.438. The molecule has 0 bridgehead atoms. The number of carbonyl (C=O) groups excluding carboxylic acids is 1. The zero-order valence-electron chi connectivity index (χ0n) is 17.6. The fourth-order valence-electron chi connectivity index (χ4n) is 5.75. The predicted octanol–water partition coefficient (Wildman–Crippen LogP) is 3.78. The first-order chi connectivity index (χ1) is 14.4. The Morgan fingerprint density at radius 2 is 2.03 bits per heavy atom. The highest BCUT2D eigenvalue weighted by Crippen LogP contribution is 2.61. The Kier molecular flexibility index (Phi) is 5.84. The van der Waals surface area contributed by atoms with Crippen molar-refractivity contribution < 1.29 is 18.3 Å². The molecule has 1 saturated carbocycles. The summed E-state index contributed by atoms with van der Waals surface area (Å²) in [6.45, 7) is 2.66. The number of ether oxygens (including phenoxy) is 1. The van der Waals surface area contributed by atoms with Crippen molar-refractivity contribution in [2.45, 2.75) is 70.3 Å². The topological polar surface area (TPSA) is 67.9 Å². The van der Waals surface area contributed by atoms with Crippen molar-refractivity contribution in [1.82, 2.24) is 4.90 Å². The summed E-state index contributed by atoms with van der Waals surface area (Å²) in [7, 11) is 0. The Morgan fingerprint density at radius 3 is 2.73 bits per heavy atom. The second-order valence-corrected chi connectivity index (χ2v) is 8.80. The Morgan fingerprint density at radius 1 is 1.27 bits per heavy atom. The lowest BCUT2D eigenvalue weighted by atomic mass is 9.62. The van der Waals surface area contributed by atoms with Gasteiger partial charge in [-0.2, -0.15) is 0 Å². The largest absolute Gasteiger partial charge is 0.382 e. The first-order valence-electron chi connectivity index (χ1n) is 11.1. The standard InChI is InChI=1S/C23H31F2N3O2/c1-2-30-12-6-7-16-8-9-17-14-22(10-4-3-5-11-22)23(18(17)13-16)20(29)28(15-19(24)25)21(26)27-23/h8-9,13,19H,2-7,10-12,14-15H2,1H3,(H2,26,27). The van der Waals surface area contributed by atoms with E-state index in [1.165, 1.54) is 0 Å². The Labute approximate surface area is 176 Å². The summed E-state index contributed by atoms with van der Waals surface area (Å²) >= 11 is 0. The second kappa shape index (κ2) is 8.25. The lowest BCUT2D eigenvalue weighted by Crippen LogP contribution is -2.52. The van der Waals surface area contributed by atoms with E-state index in [1.54, 1.807) is 0 Å². The molecule has 30 heavy (non-hydrogen) atoms. The summed E-state index contributed by atoms with van der Waals surface area (Å²) in [4.78, 5) is 19.4. The van der Waals surface area contributed by atoms with Crippen LogP contribution in [0.2, 0.25) is 0 Å². The minimum Gasteiger partial charge on any atom is -0.382 e. The molecule has 1 amide bonds. The minimum atomic E-state index is -2.65. The van der Waals surface area contributed by atoms with E-state index in [1.807, 2.05) is 6.92 Å². The van der Waals surface area contributed by atoms with Crippen molar-refractivity contribution in [1.29, 1.82) is 0 Å². The number of aryl methyl sites for hydroxylation is 1. The van der Waals surface area contributed by atoms with Gasteiger partial charge in [0.05, 0.1) is 6.54 Å². The molecule has 1 unspecified atom stereocenters. The Hall–Kier alpha value is -2.02. The third kappa shape index (κ3) is 3.31. The molecule has 1 fully saturated rings. The Bertz CT molecular complexity index is 836. The number of nitrogens with two attached hydrogens (primary N) is 1. The maximum atomic E-state index is 13.7. The third-order valence-electron chi connectivity index (χ3n) is 7.06. The molecular weight excluding hydrogens is 388 g/mol.